The van der Waals surface area contributed by atoms with E-state index in [4.69, 9.17) is 11.6 Å². The summed E-state index contributed by atoms with van der Waals surface area (Å²) >= 11 is 5.62. The summed E-state index contributed by atoms with van der Waals surface area (Å²) in [6.45, 7) is 0. The van der Waals surface area contributed by atoms with E-state index in [9.17, 15) is 9.18 Å². The Morgan fingerprint density at radius 2 is 1.80 bits per heavy atom. The molecule has 0 unspecified atom stereocenters. The first kappa shape index (κ1) is 14.5. The van der Waals surface area contributed by atoms with Gasteiger partial charge in [0.15, 0.2) is 5.78 Å². The van der Waals surface area contributed by atoms with Gasteiger partial charge in [0.2, 0.25) is 0 Å². The minimum absolute atomic E-state index is 0.0444. The average Bonchev–Trinajstić information content (AvgIpc) is 2.43. The van der Waals surface area contributed by atoms with Crippen molar-refractivity contribution in [3.63, 3.8) is 0 Å². The third kappa shape index (κ3) is 3.36. The second-order valence-electron chi connectivity index (χ2n) is 4.79. The summed E-state index contributed by atoms with van der Waals surface area (Å²) in [6.07, 6.45) is 0.162. The summed E-state index contributed by atoms with van der Waals surface area (Å²) in [5.41, 5.74) is 2.26. The standard InChI is InChI=1S/C16H15ClFNO/c1-19(2)13-6-4-12(5-7-13)16(20)10-11-3-8-14(17)15(18)9-11/h3-9H,10H2,1-2H3. The van der Waals surface area contributed by atoms with Gasteiger partial charge >= 0.3 is 0 Å². The van der Waals surface area contributed by atoms with Crippen LogP contribution < -0.4 is 4.90 Å². The van der Waals surface area contributed by atoms with E-state index in [1.165, 1.54) is 12.1 Å². The van der Waals surface area contributed by atoms with Gasteiger partial charge in [0.05, 0.1) is 5.02 Å². The normalized spacial score (nSPS) is 10.4. The van der Waals surface area contributed by atoms with E-state index < -0.39 is 5.82 Å². The average molecular weight is 292 g/mol. The first-order valence-corrected chi connectivity index (χ1v) is 6.59. The lowest BCUT2D eigenvalue weighted by Gasteiger charge is -2.12. The Bertz CT molecular complexity index is 623. The van der Waals surface area contributed by atoms with Gasteiger partial charge in [-0.25, -0.2) is 4.39 Å². The number of rotatable bonds is 4. The predicted octanol–water partition coefficient (Wildman–Crippen LogP) is 3.97. The van der Waals surface area contributed by atoms with Crippen molar-refractivity contribution in [2.45, 2.75) is 6.42 Å². The van der Waals surface area contributed by atoms with E-state index in [0.717, 1.165) is 5.69 Å². The maximum atomic E-state index is 13.3. The van der Waals surface area contributed by atoms with Gasteiger partial charge in [-0.1, -0.05) is 17.7 Å². The van der Waals surface area contributed by atoms with E-state index in [-0.39, 0.29) is 17.2 Å². The molecule has 0 atom stereocenters. The fourth-order valence-electron chi connectivity index (χ4n) is 1.88. The zero-order chi connectivity index (χ0) is 14.7. The number of hydrogen-bond acceptors (Lipinski definition) is 2. The van der Waals surface area contributed by atoms with Crippen LogP contribution in [0.3, 0.4) is 0 Å². The van der Waals surface area contributed by atoms with Gasteiger partial charge in [-0.2, -0.15) is 0 Å². The van der Waals surface area contributed by atoms with Crippen LogP contribution in [-0.4, -0.2) is 19.9 Å². The van der Waals surface area contributed by atoms with Crippen molar-refractivity contribution in [3.05, 3.63) is 64.4 Å². The van der Waals surface area contributed by atoms with Crippen molar-refractivity contribution in [2.75, 3.05) is 19.0 Å². The first-order valence-electron chi connectivity index (χ1n) is 6.22. The molecule has 0 saturated carbocycles. The van der Waals surface area contributed by atoms with Crippen LogP contribution in [0, 0.1) is 5.82 Å². The third-order valence-corrected chi connectivity index (χ3v) is 3.36. The van der Waals surface area contributed by atoms with Crippen molar-refractivity contribution in [2.24, 2.45) is 0 Å². The molecule has 2 aromatic rings. The lowest BCUT2D eigenvalue weighted by Crippen LogP contribution is -2.09. The molecule has 20 heavy (non-hydrogen) atoms. The fourth-order valence-corrected chi connectivity index (χ4v) is 2.00. The van der Waals surface area contributed by atoms with Gasteiger partial charge in [0.25, 0.3) is 0 Å². The minimum Gasteiger partial charge on any atom is -0.378 e. The largest absolute Gasteiger partial charge is 0.378 e. The van der Waals surface area contributed by atoms with Crippen molar-refractivity contribution in [3.8, 4) is 0 Å². The molecular weight excluding hydrogens is 277 g/mol. The van der Waals surface area contributed by atoms with E-state index >= 15 is 0 Å². The zero-order valence-electron chi connectivity index (χ0n) is 11.4. The number of ketones is 1. The molecule has 0 aliphatic heterocycles. The molecule has 2 rings (SSSR count). The van der Waals surface area contributed by atoms with Crippen LogP contribution in [0.5, 0.6) is 0 Å². The van der Waals surface area contributed by atoms with Gasteiger partial charge in [-0.05, 0) is 42.0 Å². The van der Waals surface area contributed by atoms with Crippen molar-refractivity contribution in [1.29, 1.82) is 0 Å². The summed E-state index contributed by atoms with van der Waals surface area (Å²) in [7, 11) is 3.88. The molecule has 104 valence electrons. The summed E-state index contributed by atoms with van der Waals surface area (Å²) in [6, 6.07) is 11.8. The Labute approximate surface area is 122 Å². The number of benzene rings is 2. The Morgan fingerprint density at radius 1 is 1.15 bits per heavy atom. The summed E-state index contributed by atoms with van der Waals surface area (Å²) in [5, 5.41) is 0.0662. The number of halogens is 2. The monoisotopic (exact) mass is 291 g/mol. The maximum absolute atomic E-state index is 13.3. The highest BCUT2D eigenvalue weighted by atomic mass is 35.5. The molecule has 0 saturated heterocycles. The number of nitrogens with zero attached hydrogens (tertiary/aromatic N) is 1. The molecule has 0 N–H and O–H groups in total. The van der Waals surface area contributed by atoms with Gasteiger partial charge in [-0.3, -0.25) is 4.79 Å². The molecule has 0 radical (unpaired) electrons. The molecule has 0 spiro atoms. The summed E-state index contributed by atoms with van der Waals surface area (Å²) in [5.74, 6) is -0.544. The van der Waals surface area contributed by atoms with Gasteiger partial charge in [-0.15, -0.1) is 0 Å². The Kier molecular flexibility index (Phi) is 4.40. The predicted molar refractivity (Wildman–Crippen MR) is 80.2 cm³/mol. The molecule has 0 aliphatic rings. The van der Waals surface area contributed by atoms with Gasteiger partial charge in [0, 0.05) is 31.8 Å². The third-order valence-electron chi connectivity index (χ3n) is 3.05. The molecule has 0 fully saturated rings. The van der Waals surface area contributed by atoms with Gasteiger partial charge in [0.1, 0.15) is 5.82 Å². The molecule has 0 bridgehead atoms. The number of anilines is 1. The van der Waals surface area contributed by atoms with Crippen LogP contribution >= 0.6 is 11.6 Å². The Balaban J connectivity index is 2.13. The molecule has 0 aromatic heterocycles. The lowest BCUT2D eigenvalue weighted by atomic mass is 10.0. The van der Waals surface area contributed by atoms with E-state index in [2.05, 4.69) is 0 Å². The van der Waals surface area contributed by atoms with Crippen LogP contribution in [0.4, 0.5) is 10.1 Å². The van der Waals surface area contributed by atoms with Crippen LogP contribution in [0.25, 0.3) is 0 Å². The SMILES string of the molecule is CN(C)c1ccc(C(=O)Cc2ccc(Cl)c(F)c2)cc1. The molecule has 0 heterocycles. The molecule has 4 heteroatoms. The second-order valence-corrected chi connectivity index (χ2v) is 5.20. The van der Waals surface area contributed by atoms with E-state index in [1.54, 1.807) is 18.2 Å². The van der Waals surface area contributed by atoms with Crippen LogP contribution in [0.15, 0.2) is 42.5 Å². The maximum Gasteiger partial charge on any atom is 0.167 e. The number of carbonyl (C=O) groups excluding carboxylic acids is 1. The first-order chi connectivity index (χ1) is 9.47. The van der Waals surface area contributed by atoms with Gasteiger partial charge < -0.3 is 4.90 Å². The Morgan fingerprint density at radius 3 is 2.35 bits per heavy atom. The fraction of sp³-hybridized carbons (Fsp3) is 0.188. The van der Waals surface area contributed by atoms with Crippen molar-refractivity contribution >= 4 is 23.1 Å². The topological polar surface area (TPSA) is 20.3 Å². The van der Waals surface area contributed by atoms with Crippen LogP contribution in [0.2, 0.25) is 5.02 Å². The van der Waals surface area contributed by atoms with E-state index in [1.807, 2.05) is 31.1 Å². The summed E-state index contributed by atoms with van der Waals surface area (Å²) in [4.78, 5) is 14.1. The van der Waals surface area contributed by atoms with E-state index in [0.29, 0.717) is 11.1 Å². The molecule has 0 aliphatic carbocycles. The highest BCUT2D eigenvalue weighted by molar-refractivity contribution is 6.30. The van der Waals surface area contributed by atoms with Crippen LogP contribution in [-0.2, 0) is 6.42 Å². The zero-order valence-corrected chi connectivity index (χ0v) is 12.1. The Hall–Kier alpha value is -1.87. The quantitative estimate of drug-likeness (QED) is 0.795. The highest BCUT2D eigenvalue weighted by Crippen LogP contribution is 2.18. The van der Waals surface area contributed by atoms with Crippen molar-refractivity contribution < 1.29 is 9.18 Å². The molecule has 2 aromatic carbocycles. The number of hydrogen-bond donors (Lipinski definition) is 0. The molecular formula is C16H15ClFNO. The summed E-state index contributed by atoms with van der Waals surface area (Å²) < 4.78 is 13.3. The number of Topliss-reactive ketones (excluding diaryl/α,β-unsaturated/α-hetero) is 1. The minimum atomic E-state index is -0.500. The molecule has 2 nitrogen and oxygen atoms in total. The smallest absolute Gasteiger partial charge is 0.167 e. The van der Waals surface area contributed by atoms with Crippen molar-refractivity contribution in [1.82, 2.24) is 0 Å². The number of carbonyl (C=O) groups is 1. The molecule has 0 amide bonds. The second kappa shape index (κ2) is 6.06. The lowest BCUT2D eigenvalue weighted by molar-refractivity contribution is 0.0993. The highest BCUT2D eigenvalue weighted by Gasteiger charge is 2.09. The van der Waals surface area contributed by atoms with Crippen LogP contribution in [0.1, 0.15) is 15.9 Å².